The molecule has 28 heavy (non-hydrogen) atoms. The normalized spacial score (nSPS) is 14.1. The van der Waals surface area contributed by atoms with Crippen LogP contribution >= 0.6 is 0 Å². The Hall–Kier alpha value is -3.25. The number of carboxylic acid groups (broad SMARTS) is 1. The molecular formula is C22H21N3O3. The molecule has 1 saturated heterocycles. The Bertz CT molecular complexity index is 950. The standard InChI is InChI=1S/C22H21N3O3/c26-22(27)18-5-3-17(4-6-18)20-9-10-23-21(24-20)15-16-1-7-19(8-2-16)25-11-13-28-14-12-25/h1-10H,11-15H2,(H,26,27). The monoisotopic (exact) mass is 375 g/mol. The summed E-state index contributed by atoms with van der Waals surface area (Å²) in [4.78, 5) is 22.3. The van der Waals surface area contributed by atoms with Crippen LogP contribution in [0.4, 0.5) is 5.69 Å². The van der Waals surface area contributed by atoms with E-state index in [9.17, 15) is 4.79 Å². The number of hydrogen-bond acceptors (Lipinski definition) is 5. The first kappa shape index (κ1) is 18.1. The van der Waals surface area contributed by atoms with Gasteiger partial charge in [0.15, 0.2) is 0 Å². The maximum atomic E-state index is 11.0. The third-order valence-corrected chi connectivity index (χ3v) is 4.81. The summed E-state index contributed by atoms with van der Waals surface area (Å²) in [5.74, 6) is -0.200. The van der Waals surface area contributed by atoms with Gasteiger partial charge in [0.25, 0.3) is 0 Å². The van der Waals surface area contributed by atoms with Gasteiger partial charge in [-0.05, 0) is 35.9 Å². The van der Waals surface area contributed by atoms with Gasteiger partial charge in [-0.25, -0.2) is 14.8 Å². The number of rotatable bonds is 5. The fraction of sp³-hybridized carbons (Fsp3) is 0.227. The molecule has 0 aliphatic carbocycles. The third kappa shape index (κ3) is 4.18. The molecule has 2 aromatic carbocycles. The quantitative estimate of drug-likeness (QED) is 0.738. The smallest absolute Gasteiger partial charge is 0.335 e. The van der Waals surface area contributed by atoms with E-state index < -0.39 is 5.97 Å². The highest BCUT2D eigenvalue weighted by Crippen LogP contribution is 2.20. The molecule has 1 aliphatic rings. The number of benzene rings is 2. The first-order valence-electron chi connectivity index (χ1n) is 9.26. The van der Waals surface area contributed by atoms with Gasteiger partial charge in [0.05, 0.1) is 24.5 Å². The van der Waals surface area contributed by atoms with Crippen molar-refractivity contribution in [2.45, 2.75) is 6.42 Å². The lowest BCUT2D eigenvalue weighted by molar-refractivity contribution is 0.0697. The summed E-state index contributed by atoms with van der Waals surface area (Å²) in [5.41, 5.74) is 4.28. The van der Waals surface area contributed by atoms with E-state index in [1.165, 1.54) is 5.69 Å². The van der Waals surface area contributed by atoms with E-state index in [1.807, 2.05) is 6.07 Å². The van der Waals surface area contributed by atoms with Crippen LogP contribution in [0.15, 0.2) is 60.8 Å². The molecule has 0 bridgehead atoms. The molecule has 0 amide bonds. The fourth-order valence-corrected chi connectivity index (χ4v) is 3.26. The molecule has 1 aromatic heterocycles. The Morgan fingerprint density at radius 3 is 2.39 bits per heavy atom. The van der Waals surface area contributed by atoms with Crippen LogP contribution in [0.5, 0.6) is 0 Å². The highest BCUT2D eigenvalue weighted by molar-refractivity contribution is 5.88. The van der Waals surface area contributed by atoms with Gasteiger partial charge in [-0.1, -0.05) is 24.3 Å². The Morgan fingerprint density at radius 1 is 1.00 bits per heavy atom. The molecule has 4 rings (SSSR count). The van der Waals surface area contributed by atoms with Crippen molar-refractivity contribution >= 4 is 11.7 Å². The van der Waals surface area contributed by atoms with Crippen molar-refractivity contribution in [2.75, 3.05) is 31.2 Å². The fourth-order valence-electron chi connectivity index (χ4n) is 3.26. The lowest BCUT2D eigenvalue weighted by Crippen LogP contribution is -2.36. The molecule has 1 fully saturated rings. The van der Waals surface area contributed by atoms with E-state index in [0.29, 0.717) is 6.42 Å². The topological polar surface area (TPSA) is 75.5 Å². The van der Waals surface area contributed by atoms with E-state index in [1.54, 1.807) is 30.5 Å². The summed E-state index contributed by atoms with van der Waals surface area (Å²) in [6.45, 7) is 3.39. The largest absolute Gasteiger partial charge is 0.478 e. The number of anilines is 1. The number of aromatic carboxylic acids is 1. The molecule has 6 nitrogen and oxygen atoms in total. The Morgan fingerprint density at radius 2 is 1.71 bits per heavy atom. The van der Waals surface area contributed by atoms with Crippen LogP contribution in [-0.4, -0.2) is 47.3 Å². The van der Waals surface area contributed by atoms with Gasteiger partial charge in [-0.2, -0.15) is 0 Å². The molecule has 142 valence electrons. The molecule has 1 aliphatic heterocycles. The number of ether oxygens (including phenoxy) is 1. The molecule has 1 N–H and O–H groups in total. The lowest BCUT2D eigenvalue weighted by atomic mass is 10.1. The number of carboxylic acids is 1. The van der Waals surface area contributed by atoms with Crippen LogP contribution in [0.3, 0.4) is 0 Å². The van der Waals surface area contributed by atoms with E-state index in [-0.39, 0.29) is 5.56 Å². The van der Waals surface area contributed by atoms with Crippen LogP contribution < -0.4 is 4.90 Å². The average molecular weight is 375 g/mol. The zero-order valence-electron chi connectivity index (χ0n) is 15.4. The van der Waals surface area contributed by atoms with Crippen LogP contribution in [0, 0.1) is 0 Å². The van der Waals surface area contributed by atoms with Gasteiger partial charge in [-0.3, -0.25) is 0 Å². The van der Waals surface area contributed by atoms with Gasteiger partial charge < -0.3 is 14.7 Å². The minimum atomic E-state index is -0.935. The zero-order chi connectivity index (χ0) is 19.3. The minimum Gasteiger partial charge on any atom is -0.478 e. The van der Waals surface area contributed by atoms with Crippen molar-refractivity contribution < 1.29 is 14.6 Å². The SMILES string of the molecule is O=C(O)c1ccc(-c2ccnc(Cc3ccc(N4CCOCC4)cc3)n2)cc1. The summed E-state index contributed by atoms with van der Waals surface area (Å²) in [6.07, 6.45) is 2.38. The second-order valence-electron chi connectivity index (χ2n) is 6.68. The summed E-state index contributed by atoms with van der Waals surface area (Å²) < 4.78 is 5.40. The number of morpholine rings is 1. The van der Waals surface area contributed by atoms with Crippen molar-refractivity contribution in [3.05, 3.63) is 77.7 Å². The lowest BCUT2D eigenvalue weighted by Gasteiger charge is -2.28. The van der Waals surface area contributed by atoms with E-state index in [2.05, 4.69) is 39.1 Å². The first-order chi connectivity index (χ1) is 13.7. The van der Waals surface area contributed by atoms with E-state index in [4.69, 9.17) is 9.84 Å². The molecule has 3 aromatic rings. The number of aromatic nitrogens is 2. The Kier molecular flexibility index (Phi) is 5.30. The highest BCUT2D eigenvalue weighted by Gasteiger charge is 2.11. The van der Waals surface area contributed by atoms with Gasteiger partial charge in [-0.15, -0.1) is 0 Å². The second-order valence-corrected chi connectivity index (χ2v) is 6.68. The summed E-state index contributed by atoms with van der Waals surface area (Å²) in [7, 11) is 0. The summed E-state index contributed by atoms with van der Waals surface area (Å²) in [5, 5.41) is 9.02. The predicted molar refractivity (Wildman–Crippen MR) is 107 cm³/mol. The van der Waals surface area contributed by atoms with E-state index >= 15 is 0 Å². The van der Waals surface area contributed by atoms with Crippen LogP contribution in [0.2, 0.25) is 0 Å². The molecule has 0 spiro atoms. The summed E-state index contributed by atoms with van der Waals surface area (Å²) in [6, 6.07) is 17.0. The molecule has 0 unspecified atom stereocenters. The van der Waals surface area contributed by atoms with Crippen LogP contribution in [0.25, 0.3) is 11.3 Å². The second kappa shape index (κ2) is 8.19. The van der Waals surface area contributed by atoms with Crippen molar-refractivity contribution in [3.8, 4) is 11.3 Å². The molecular weight excluding hydrogens is 354 g/mol. The van der Waals surface area contributed by atoms with Crippen LogP contribution in [0.1, 0.15) is 21.7 Å². The maximum Gasteiger partial charge on any atom is 0.335 e. The van der Waals surface area contributed by atoms with Gasteiger partial charge in [0.1, 0.15) is 5.82 Å². The average Bonchev–Trinajstić information content (AvgIpc) is 2.75. The summed E-state index contributed by atoms with van der Waals surface area (Å²) >= 11 is 0. The first-order valence-corrected chi connectivity index (χ1v) is 9.26. The number of carbonyl (C=O) groups is 1. The Balaban J connectivity index is 1.48. The number of hydrogen-bond donors (Lipinski definition) is 1. The van der Waals surface area contributed by atoms with E-state index in [0.717, 1.165) is 48.9 Å². The Labute approximate surface area is 163 Å². The predicted octanol–water partition coefficient (Wildman–Crippen LogP) is 3.27. The molecule has 2 heterocycles. The minimum absolute atomic E-state index is 0.262. The van der Waals surface area contributed by atoms with Gasteiger partial charge >= 0.3 is 5.97 Å². The van der Waals surface area contributed by atoms with Crippen molar-refractivity contribution in [1.82, 2.24) is 9.97 Å². The van der Waals surface area contributed by atoms with Gasteiger partial charge in [0.2, 0.25) is 0 Å². The van der Waals surface area contributed by atoms with Crippen molar-refractivity contribution in [1.29, 1.82) is 0 Å². The third-order valence-electron chi connectivity index (χ3n) is 4.81. The maximum absolute atomic E-state index is 11.0. The van der Waals surface area contributed by atoms with Crippen LogP contribution in [-0.2, 0) is 11.2 Å². The van der Waals surface area contributed by atoms with Crippen molar-refractivity contribution in [3.63, 3.8) is 0 Å². The molecule has 0 saturated carbocycles. The number of nitrogens with zero attached hydrogens (tertiary/aromatic N) is 3. The zero-order valence-corrected chi connectivity index (χ0v) is 15.4. The molecule has 6 heteroatoms. The molecule has 0 atom stereocenters. The van der Waals surface area contributed by atoms with Gasteiger partial charge in [0, 0.05) is 37.0 Å². The molecule has 0 radical (unpaired) electrons. The highest BCUT2D eigenvalue weighted by atomic mass is 16.5. The van der Waals surface area contributed by atoms with Crippen molar-refractivity contribution in [2.24, 2.45) is 0 Å².